The fourth-order valence-electron chi connectivity index (χ4n) is 4.37. The molecule has 3 nitrogen and oxygen atoms in total. The fraction of sp³-hybridized carbons (Fsp3) is 0.929. The molecule has 1 aliphatic carbocycles. The predicted molar refractivity (Wildman–Crippen MR) is 63.3 cm³/mol. The van der Waals surface area contributed by atoms with Gasteiger partial charge in [-0.05, 0) is 43.9 Å². The number of carbonyl (C=O) groups excluding carboxylic acids is 1. The van der Waals surface area contributed by atoms with Gasteiger partial charge in [0.15, 0.2) is 0 Å². The smallest absolute Gasteiger partial charge is 0.312 e. The zero-order valence-corrected chi connectivity index (χ0v) is 10.5. The molecule has 3 aliphatic rings. The molecular formula is C14H22O3. The Kier molecular flexibility index (Phi) is 2.69. The van der Waals surface area contributed by atoms with Crippen LogP contribution in [0.15, 0.2) is 0 Å². The molecule has 2 saturated heterocycles. The molecule has 3 rings (SSSR count). The molecule has 1 saturated carbocycles. The van der Waals surface area contributed by atoms with E-state index in [-0.39, 0.29) is 23.9 Å². The van der Waals surface area contributed by atoms with Gasteiger partial charge in [-0.1, -0.05) is 19.8 Å². The molecule has 5 atom stereocenters. The molecule has 0 aromatic heterocycles. The van der Waals surface area contributed by atoms with Crippen molar-refractivity contribution < 1.29 is 14.6 Å². The standard InChI is InChI=1S/C14H22O3/c1-9-10-5-2-3-8-14(10,16)11-6-4-7-12(9)17-13(11)15/h9-12,16H,2-8H2,1H3. The Bertz CT molecular complexity index is 327. The van der Waals surface area contributed by atoms with Crippen molar-refractivity contribution in [1.82, 2.24) is 0 Å². The molecule has 2 heterocycles. The topological polar surface area (TPSA) is 46.5 Å². The first-order chi connectivity index (χ1) is 8.13. The third-order valence-electron chi connectivity index (χ3n) is 5.34. The number of ether oxygens (including phenoxy) is 1. The lowest BCUT2D eigenvalue weighted by atomic mass is 9.61. The van der Waals surface area contributed by atoms with Crippen LogP contribution in [0.4, 0.5) is 0 Å². The fourth-order valence-corrected chi connectivity index (χ4v) is 4.37. The first-order valence-corrected chi connectivity index (χ1v) is 7.06. The van der Waals surface area contributed by atoms with Crippen LogP contribution in [0.3, 0.4) is 0 Å². The molecule has 2 aliphatic heterocycles. The summed E-state index contributed by atoms with van der Waals surface area (Å²) < 4.78 is 5.61. The van der Waals surface area contributed by atoms with Crippen molar-refractivity contribution >= 4 is 5.97 Å². The van der Waals surface area contributed by atoms with Crippen molar-refractivity contribution in [1.29, 1.82) is 0 Å². The first kappa shape index (κ1) is 11.5. The second-order valence-electron chi connectivity index (χ2n) is 6.16. The van der Waals surface area contributed by atoms with Crippen molar-refractivity contribution in [3.63, 3.8) is 0 Å². The minimum Gasteiger partial charge on any atom is -0.462 e. The maximum absolute atomic E-state index is 12.1. The van der Waals surface area contributed by atoms with E-state index in [2.05, 4.69) is 6.92 Å². The van der Waals surface area contributed by atoms with Crippen LogP contribution in [-0.2, 0) is 9.53 Å². The zero-order valence-electron chi connectivity index (χ0n) is 10.5. The highest BCUT2D eigenvalue weighted by molar-refractivity contribution is 5.75. The SMILES string of the molecule is CC1C2CCCC(C(=O)O2)C2(O)CCCCC12. The summed E-state index contributed by atoms with van der Waals surface area (Å²) in [6.45, 7) is 2.16. The van der Waals surface area contributed by atoms with Gasteiger partial charge in [-0.25, -0.2) is 0 Å². The van der Waals surface area contributed by atoms with Gasteiger partial charge >= 0.3 is 5.97 Å². The average molecular weight is 238 g/mol. The van der Waals surface area contributed by atoms with E-state index >= 15 is 0 Å². The number of esters is 1. The normalized spacial score (nSPS) is 50.1. The molecule has 0 spiro atoms. The Morgan fingerprint density at radius 3 is 2.88 bits per heavy atom. The quantitative estimate of drug-likeness (QED) is 0.658. The lowest BCUT2D eigenvalue weighted by Crippen LogP contribution is -2.51. The summed E-state index contributed by atoms with van der Waals surface area (Å²) in [5, 5.41) is 11.0. The lowest BCUT2D eigenvalue weighted by Gasteiger charge is -2.46. The van der Waals surface area contributed by atoms with E-state index < -0.39 is 5.60 Å². The molecule has 0 aromatic carbocycles. The largest absolute Gasteiger partial charge is 0.462 e. The van der Waals surface area contributed by atoms with Gasteiger partial charge in [0.2, 0.25) is 0 Å². The van der Waals surface area contributed by atoms with Gasteiger partial charge in [0.05, 0.1) is 11.5 Å². The van der Waals surface area contributed by atoms with Crippen molar-refractivity contribution in [3.8, 4) is 0 Å². The third kappa shape index (κ3) is 1.62. The van der Waals surface area contributed by atoms with Crippen molar-refractivity contribution in [2.24, 2.45) is 17.8 Å². The minimum atomic E-state index is -0.774. The van der Waals surface area contributed by atoms with E-state index in [0.29, 0.717) is 5.92 Å². The van der Waals surface area contributed by atoms with E-state index in [9.17, 15) is 9.90 Å². The van der Waals surface area contributed by atoms with E-state index in [1.54, 1.807) is 0 Å². The maximum atomic E-state index is 12.1. The molecule has 96 valence electrons. The molecule has 5 unspecified atom stereocenters. The Balaban J connectivity index is 2.03. The van der Waals surface area contributed by atoms with Crippen LogP contribution >= 0.6 is 0 Å². The number of rotatable bonds is 0. The van der Waals surface area contributed by atoms with Crippen LogP contribution in [-0.4, -0.2) is 22.8 Å². The van der Waals surface area contributed by atoms with Crippen LogP contribution in [0.1, 0.15) is 51.9 Å². The van der Waals surface area contributed by atoms with Gasteiger partial charge in [-0.2, -0.15) is 0 Å². The van der Waals surface area contributed by atoms with Crippen LogP contribution in [0.25, 0.3) is 0 Å². The molecular weight excluding hydrogens is 216 g/mol. The Morgan fingerprint density at radius 2 is 2.06 bits per heavy atom. The molecule has 17 heavy (non-hydrogen) atoms. The Morgan fingerprint density at radius 1 is 1.24 bits per heavy atom. The predicted octanol–water partition coefficient (Wildman–Crippen LogP) is 2.27. The Hall–Kier alpha value is -0.570. The molecule has 3 heteroatoms. The van der Waals surface area contributed by atoms with Gasteiger partial charge in [0.1, 0.15) is 6.10 Å². The molecule has 0 radical (unpaired) electrons. The number of carbonyl (C=O) groups is 1. The summed E-state index contributed by atoms with van der Waals surface area (Å²) in [5.74, 6) is 0.182. The monoisotopic (exact) mass is 238 g/mol. The molecule has 0 aromatic rings. The zero-order chi connectivity index (χ0) is 12.0. The third-order valence-corrected chi connectivity index (χ3v) is 5.34. The first-order valence-electron chi connectivity index (χ1n) is 7.06. The molecule has 1 N–H and O–H groups in total. The summed E-state index contributed by atoms with van der Waals surface area (Å²) in [7, 11) is 0. The van der Waals surface area contributed by atoms with Gasteiger partial charge in [0, 0.05) is 0 Å². The van der Waals surface area contributed by atoms with Crippen molar-refractivity contribution in [3.05, 3.63) is 0 Å². The summed E-state index contributed by atoms with van der Waals surface area (Å²) in [6.07, 6.45) is 6.94. The highest BCUT2D eigenvalue weighted by Crippen LogP contribution is 2.50. The van der Waals surface area contributed by atoms with Crippen LogP contribution in [0.5, 0.6) is 0 Å². The summed E-state index contributed by atoms with van der Waals surface area (Å²) in [5.41, 5.74) is -0.774. The summed E-state index contributed by atoms with van der Waals surface area (Å²) in [6, 6.07) is 0. The number of hydrogen-bond donors (Lipinski definition) is 1. The van der Waals surface area contributed by atoms with Gasteiger partial charge in [-0.15, -0.1) is 0 Å². The lowest BCUT2D eigenvalue weighted by molar-refractivity contribution is -0.160. The molecule has 3 fully saturated rings. The number of fused-ring (bicyclic) bond motifs is 5. The summed E-state index contributed by atoms with van der Waals surface area (Å²) in [4.78, 5) is 12.1. The maximum Gasteiger partial charge on any atom is 0.312 e. The second kappa shape index (κ2) is 3.98. The van der Waals surface area contributed by atoms with E-state index in [4.69, 9.17) is 4.74 Å². The summed E-state index contributed by atoms with van der Waals surface area (Å²) >= 11 is 0. The van der Waals surface area contributed by atoms with Crippen LogP contribution in [0, 0.1) is 17.8 Å². The molecule has 2 bridgehead atoms. The highest BCUT2D eigenvalue weighted by atomic mass is 16.5. The van der Waals surface area contributed by atoms with Crippen molar-refractivity contribution in [2.75, 3.05) is 0 Å². The van der Waals surface area contributed by atoms with Crippen LogP contribution in [0.2, 0.25) is 0 Å². The van der Waals surface area contributed by atoms with E-state index in [0.717, 1.165) is 38.5 Å². The highest BCUT2D eigenvalue weighted by Gasteiger charge is 2.55. The molecule has 0 amide bonds. The van der Waals surface area contributed by atoms with E-state index in [1.165, 1.54) is 6.42 Å². The van der Waals surface area contributed by atoms with E-state index in [1.807, 2.05) is 0 Å². The second-order valence-corrected chi connectivity index (χ2v) is 6.16. The number of aliphatic hydroxyl groups is 1. The van der Waals surface area contributed by atoms with Gasteiger partial charge in [-0.3, -0.25) is 4.79 Å². The number of hydrogen-bond acceptors (Lipinski definition) is 3. The van der Waals surface area contributed by atoms with Crippen LogP contribution < -0.4 is 0 Å². The van der Waals surface area contributed by atoms with Crippen molar-refractivity contribution in [2.45, 2.75) is 63.6 Å². The Labute approximate surface area is 103 Å². The average Bonchev–Trinajstić information content (AvgIpc) is 2.53. The van der Waals surface area contributed by atoms with Gasteiger partial charge in [0.25, 0.3) is 0 Å². The minimum absolute atomic E-state index is 0.0459. The van der Waals surface area contributed by atoms with Gasteiger partial charge < -0.3 is 9.84 Å².